The number of aliphatic hydroxyl groups is 1. The number of piperidine rings is 1. The van der Waals surface area contributed by atoms with Crippen LogP contribution in [0, 0.1) is 5.92 Å². The summed E-state index contributed by atoms with van der Waals surface area (Å²) in [5, 5.41) is 14.7. The number of likely N-dealkylation sites (tertiary alicyclic amines) is 1. The molecule has 0 aromatic carbocycles. The van der Waals surface area contributed by atoms with Crippen LogP contribution in [0.2, 0.25) is 0 Å². The summed E-state index contributed by atoms with van der Waals surface area (Å²) in [4.78, 5) is 11.0. The molecule has 1 aliphatic heterocycles. The molecule has 0 saturated carbocycles. The number of rotatable bonds is 5. The maximum atomic E-state index is 10.5. The van der Waals surface area contributed by atoms with Crippen molar-refractivity contribution in [3.63, 3.8) is 0 Å². The summed E-state index contributed by atoms with van der Waals surface area (Å²) in [5.41, 5.74) is 0.784. The lowest BCUT2D eigenvalue weighted by molar-refractivity contribution is 0.0529. The van der Waals surface area contributed by atoms with Crippen molar-refractivity contribution < 1.29 is 5.11 Å². The molecule has 1 fully saturated rings. The molecule has 1 saturated heterocycles. The molecule has 1 aliphatic rings. The van der Waals surface area contributed by atoms with E-state index >= 15 is 0 Å². The van der Waals surface area contributed by atoms with Crippen LogP contribution in [0.15, 0.2) is 30.7 Å². The zero-order valence-electron chi connectivity index (χ0n) is 13.0. The summed E-state index contributed by atoms with van der Waals surface area (Å²) in [6.45, 7) is 5.72. The van der Waals surface area contributed by atoms with E-state index in [0.717, 1.165) is 50.5 Å². The second-order valence-corrected chi connectivity index (χ2v) is 5.81. The fraction of sp³-hybridized carbons (Fsp3) is 0.562. The molecule has 0 bridgehead atoms. The Balaban J connectivity index is 1.54. The molecule has 1 atom stereocenters. The highest BCUT2D eigenvalue weighted by Crippen LogP contribution is 2.29. The van der Waals surface area contributed by atoms with E-state index in [0.29, 0.717) is 0 Å². The first-order chi connectivity index (χ1) is 10.8. The van der Waals surface area contributed by atoms with Crippen LogP contribution in [-0.2, 0) is 13.1 Å². The van der Waals surface area contributed by atoms with Crippen LogP contribution in [0.3, 0.4) is 0 Å². The summed E-state index contributed by atoms with van der Waals surface area (Å²) in [6.07, 6.45) is 4.88. The summed E-state index contributed by atoms with van der Waals surface area (Å²) < 4.78 is 1.94. The number of hydrogen-bond acceptors (Lipinski definition) is 5. The molecule has 6 nitrogen and oxygen atoms in total. The van der Waals surface area contributed by atoms with Gasteiger partial charge in [0.05, 0.1) is 18.3 Å². The standard InChI is InChI=1S/C16H23N5O/c1-2-21-15(18-12-19-21)11-20-9-6-13(7-10-20)16(22)14-5-3-4-8-17-14/h3-5,8,12-13,16,22H,2,6-7,9-11H2,1H3/t16-/m1/s1. The van der Waals surface area contributed by atoms with E-state index in [2.05, 4.69) is 26.9 Å². The molecular weight excluding hydrogens is 278 g/mol. The highest BCUT2D eigenvalue weighted by Gasteiger charge is 2.27. The van der Waals surface area contributed by atoms with E-state index in [4.69, 9.17) is 0 Å². The molecule has 0 unspecified atom stereocenters. The van der Waals surface area contributed by atoms with E-state index in [1.807, 2.05) is 22.9 Å². The summed E-state index contributed by atoms with van der Waals surface area (Å²) in [6, 6.07) is 5.71. The number of aryl methyl sites for hydroxylation is 1. The molecule has 6 heteroatoms. The van der Waals surface area contributed by atoms with Gasteiger partial charge in [-0.2, -0.15) is 5.10 Å². The Hall–Kier alpha value is -1.79. The molecule has 0 radical (unpaired) electrons. The Morgan fingerprint density at radius 3 is 2.77 bits per heavy atom. The maximum absolute atomic E-state index is 10.5. The van der Waals surface area contributed by atoms with E-state index in [1.165, 1.54) is 0 Å². The third kappa shape index (κ3) is 3.34. The van der Waals surface area contributed by atoms with E-state index < -0.39 is 6.10 Å². The van der Waals surface area contributed by atoms with Gasteiger partial charge in [-0.05, 0) is 50.9 Å². The molecule has 0 spiro atoms. The van der Waals surface area contributed by atoms with Crippen molar-refractivity contribution in [3.05, 3.63) is 42.2 Å². The van der Waals surface area contributed by atoms with Crippen LogP contribution in [0.25, 0.3) is 0 Å². The normalized spacial score (nSPS) is 18.5. The minimum Gasteiger partial charge on any atom is -0.387 e. The quantitative estimate of drug-likeness (QED) is 0.909. The van der Waals surface area contributed by atoms with Crippen molar-refractivity contribution in [2.45, 2.75) is 39.0 Å². The Morgan fingerprint density at radius 1 is 1.27 bits per heavy atom. The highest BCUT2D eigenvalue weighted by molar-refractivity contribution is 5.08. The zero-order chi connectivity index (χ0) is 15.4. The molecule has 3 heterocycles. The fourth-order valence-electron chi connectivity index (χ4n) is 3.09. The summed E-state index contributed by atoms with van der Waals surface area (Å²) >= 11 is 0. The second kappa shape index (κ2) is 6.98. The van der Waals surface area contributed by atoms with Crippen LogP contribution in [0.1, 0.15) is 37.4 Å². The van der Waals surface area contributed by atoms with Gasteiger partial charge in [0.15, 0.2) is 0 Å². The molecule has 3 rings (SSSR count). The highest BCUT2D eigenvalue weighted by atomic mass is 16.3. The maximum Gasteiger partial charge on any atom is 0.140 e. The first kappa shape index (κ1) is 15.1. The fourth-order valence-corrected chi connectivity index (χ4v) is 3.09. The van der Waals surface area contributed by atoms with Gasteiger partial charge in [0.25, 0.3) is 0 Å². The average Bonchev–Trinajstić information content (AvgIpc) is 3.03. The van der Waals surface area contributed by atoms with Gasteiger partial charge in [-0.1, -0.05) is 6.07 Å². The van der Waals surface area contributed by atoms with Crippen LogP contribution < -0.4 is 0 Å². The lowest BCUT2D eigenvalue weighted by Gasteiger charge is -2.33. The minimum absolute atomic E-state index is 0.287. The number of aromatic nitrogens is 4. The smallest absolute Gasteiger partial charge is 0.140 e. The van der Waals surface area contributed by atoms with Gasteiger partial charge in [0, 0.05) is 12.7 Å². The van der Waals surface area contributed by atoms with Crippen molar-refractivity contribution in [1.82, 2.24) is 24.6 Å². The van der Waals surface area contributed by atoms with Crippen molar-refractivity contribution >= 4 is 0 Å². The van der Waals surface area contributed by atoms with E-state index in [-0.39, 0.29) is 5.92 Å². The third-order valence-corrected chi connectivity index (χ3v) is 4.43. The first-order valence-electron chi connectivity index (χ1n) is 7.96. The largest absolute Gasteiger partial charge is 0.387 e. The van der Waals surface area contributed by atoms with Crippen LogP contribution in [0.4, 0.5) is 0 Å². The molecule has 1 N–H and O–H groups in total. The lowest BCUT2D eigenvalue weighted by atomic mass is 9.89. The Kier molecular flexibility index (Phi) is 4.80. The first-order valence-corrected chi connectivity index (χ1v) is 7.96. The Bertz CT molecular complexity index is 577. The molecule has 2 aromatic rings. The van der Waals surface area contributed by atoms with Gasteiger partial charge in [0.2, 0.25) is 0 Å². The molecule has 0 aliphatic carbocycles. The van der Waals surface area contributed by atoms with Crippen LogP contribution in [0.5, 0.6) is 0 Å². The van der Waals surface area contributed by atoms with Gasteiger partial charge < -0.3 is 5.11 Å². The monoisotopic (exact) mass is 301 g/mol. The summed E-state index contributed by atoms with van der Waals surface area (Å²) in [5.74, 6) is 1.31. The van der Waals surface area contributed by atoms with Gasteiger partial charge in [0.1, 0.15) is 12.2 Å². The molecule has 0 amide bonds. The van der Waals surface area contributed by atoms with Gasteiger partial charge >= 0.3 is 0 Å². The lowest BCUT2D eigenvalue weighted by Crippen LogP contribution is -2.36. The zero-order valence-corrected chi connectivity index (χ0v) is 13.0. The van der Waals surface area contributed by atoms with Gasteiger partial charge in [-0.25, -0.2) is 9.67 Å². The number of hydrogen-bond donors (Lipinski definition) is 1. The van der Waals surface area contributed by atoms with Gasteiger partial charge in [-0.15, -0.1) is 0 Å². The minimum atomic E-state index is -0.456. The number of nitrogens with zero attached hydrogens (tertiary/aromatic N) is 5. The molecule has 118 valence electrons. The summed E-state index contributed by atoms with van der Waals surface area (Å²) in [7, 11) is 0. The van der Waals surface area contributed by atoms with Crippen molar-refractivity contribution in [1.29, 1.82) is 0 Å². The predicted octanol–water partition coefficient (Wildman–Crippen LogP) is 1.64. The molecular formula is C16H23N5O. The topological polar surface area (TPSA) is 67.1 Å². The van der Waals surface area contributed by atoms with Crippen LogP contribution in [-0.4, -0.2) is 42.8 Å². The average molecular weight is 301 g/mol. The number of pyridine rings is 1. The van der Waals surface area contributed by atoms with Gasteiger partial charge in [-0.3, -0.25) is 9.88 Å². The Labute approximate surface area is 130 Å². The second-order valence-electron chi connectivity index (χ2n) is 5.81. The third-order valence-electron chi connectivity index (χ3n) is 4.43. The van der Waals surface area contributed by atoms with Crippen molar-refractivity contribution in [2.24, 2.45) is 5.92 Å². The SMILES string of the molecule is CCn1ncnc1CN1CCC([C@@H](O)c2ccccn2)CC1. The predicted molar refractivity (Wildman–Crippen MR) is 82.9 cm³/mol. The van der Waals surface area contributed by atoms with E-state index in [1.54, 1.807) is 12.5 Å². The van der Waals surface area contributed by atoms with E-state index in [9.17, 15) is 5.11 Å². The van der Waals surface area contributed by atoms with Crippen molar-refractivity contribution in [2.75, 3.05) is 13.1 Å². The van der Waals surface area contributed by atoms with Crippen molar-refractivity contribution in [3.8, 4) is 0 Å². The molecule has 2 aromatic heterocycles. The van der Waals surface area contributed by atoms with Crippen LogP contribution >= 0.6 is 0 Å². The Morgan fingerprint density at radius 2 is 2.09 bits per heavy atom. The number of aliphatic hydroxyl groups excluding tert-OH is 1. The molecule has 22 heavy (non-hydrogen) atoms.